The molecule has 0 aliphatic heterocycles. The van der Waals surface area contributed by atoms with Crippen LogP contribution in [0.4, 0.5) is 5.69 Å². The van der Waals surface area contributed by atoms with Crippen LogP contribution in [0.2, 0.25) is 0 Å². The Kier molecular flexibility index (Phi) is 12.0. The van der Waals surface area contributed by atoms with Crippen molar-refractivity contribution in [1.82, 2.24) is 10.2 Å². The molecule has 0 bridgehead atoms. The van der Waals surface area contributed by atoms with E-state index < -0.39 is 28.5 Å². The molecular formula is C36H40BrN3O5S. The number of amides is 2. The molecule has 0 unspecified atom stereocenters. The fourth-order valence-electron chi connectivity index (χ4n) is 4.92. The Balaban J connectivity index is 1.80. The lowest BCUT2D eigenvalue weighted by atomic mass is 10.0. The minimum atomic E-state index is -4.17. The largest absolute Gasteiger partial charge is 0.497 e. The second kappa shape index (κ2) is 15.9. The van der Waals surface area contributed by atoms with Crippen LogP contribution >= 0.6 is 15.9 Å². The number of ether oxygens (including phenoxy) is 1. The van der Waals surface area contributed by atoms with Crippen LogP contribution in [0.25, 0.3) is 0 Å². The summed E-state index contributed by atoms with van der Waals surface area (Å²) < 4.78 is 35.6. The van der Waals surface area contributed by atoms with Crippen molar-refractivity contribution in [3.05, 3.63) is 124 Å². The number of nitrogens with one attached hydrogen (secondary N) is 1. The Labute approximate surface area is 280 Å². The lowest BCUT2D eigenvalue weighted by Crippen LogP contribution is -2.53. The average molecular weight is 707 g/mol. The third kappa shape index (κ3) is 9.20. The highest BCUT2D eigenvalue weighted by molar-refractivity contribution is 9.10. The molecule has 0 spiro atoms. The van der Waals surface area contributed by atoms with Gasteiger partial charge in [0.2, 0.25) is 11.8 Å². The zero-order chi connectivity index (χ0) is 33.3. The van der Waals surface area contributed by atoms with Gasteiger partial charge in [-0.15, -0.1) is 0 Å². The lowest BCUT2D eigenvalue weighted by molar-refractivity contribution is -0.140. The number of carbonyl (C=O) groups is 2. The van der Waals surface area contributed by atoms with Gasteiger partial charge >= 0.3 is 0 Å². The van der Waals surface area contributed by atoms with E-state index in [1.807, 2.05) is 63.2 Å². The zero-order valence-corrected chi connectivity index (χ0v) is 28.9. The van der Waals surface area contributed by atoms with E-state index in [1.54, 1.807) is 55.6 Å². The number of hydrogen-bond acceptors (Lipinski definition) is 5. The molecule has 2 amide bonds. The van der Waals surface area contributed by atoms with Crippen molar-refractivity contribution in [2.24, 2.45) is 5.92 Å². The van der Waals surface area contributed by atoms with Crippen molar-refractivity contribution in [2.75, 3.05) is 24.5 Å². The van der Waals surface area contributed by atoms with Gasteiger partial charge in [0.05, 0.1) is 17.7 Å². The third-order valence-electron chi connectivity index (χ3n) is 7.45. The first-order valence-corrected chi connectivity index (χ1v) is 17.3. The third-order valence-corrected chi connectivity index (χ3v) is 9.76. The van der Waals surface area contributed by atoms with Gasteiger partial charge in [-0.25, -0.2) is 8.42 Å². The Morgan fingerprint density at radius 2 is 1.52 bits per heavy atom. The smallest absolute Gasteiger partial charge is 0.264 e. The number of rotatable bonds is 14. The van der Waals surface area contributed by atoms with Gasteiger partial charge in [-0.1, -0.05) is 89.9 Å². The molecule has 46 heavy (non-hydrogen) atoms. The van der Waals surface area contributed by atoms with E-state index in [-0.39, 0.29) is 29.7 Å². The number of anilines is 1. The molecule has 0 aromatic heterocycles. The summed E-state index contributed by atoms with van der Waals surface area (Å²) in [5.74, 6) is -0.0453. The molecule has 0 saturated carbocycles. The van der Waals surface area contributed by atoms with E-state index >= 15 is 0 Å². The van der Waals surface area contributed by atoms with E-state index in [1.165, 1.54) is 17.0 Å². The van der Waals surface area contributed by atoms with Crippen molar-refractivity contribution >= 4 is 43.5 Å². The Bertz CT molecular complexity index is 1710. The molecular weight excluding hydrogens is 666 g/mol. The quantitative estimate of drug-likeness (QED) is 0.164. The topological polar surface area (TPSA) is 96.0 Å². The normalized spacial score (nSPS) is 12.0. The average Bonchev–Trinajstić information content (AvgIpc) is 3.05. The van der Waals surface area contributed by atoms with Crippen LogP contribution in [0, 0.1) is 12.8 Å². The predicted molar refractivity (Wildman–Crippen MR) is 185 cm³/mol. The summed E-state index contributed by atoms with van der Waals surface area (Å²) in [6, 6.07) is 29.1. The summed E-state index contributed by atoms with van der Waals surface area (Å²) in [6.07, 6.45) is 0.240. The summed E-state index contributed by atoms with van der Waals surface area (Å²) in [5.41, 5.74) is 2.83. The van der Waals surface area contributed by atoms with Gasteiger partial charge in [0.25, 0.3) is 10.0 Å². The fraction of sp³-hybridized carbons (Fsp3) is 0.278. The predicted octanol–water partition coefficient (Wildman–Crippen LogP) is 6.37. The Morgan fingerprint density at radius 1 is 0.870 bits per heavy atom. The van der Waals surface area contributed by atoms with Crippen LogP contribution in [-0.4, -0.2) is 51.4 Å². The lowest BCUT2D eigenvalue weighted by Gasteiger charge is -2.34. The molecule has 242 valence electrons. The van der Waals surface area contributed by atoms with Crippen LogP contribution in [0.5, 0.6) is 5.75 Å². The highest BCUT2D eigenvalue weighted by Crippen LogP contribution is 2.27. The molecule has 4 aromatic carbocycles. The van der Waals surface area contributed by atoms with E-state index in [2.05, 4.69) is 21.2 Å². The molecule has 1 N–H and O–H groups in total. The number of hydrogen-bond donors (Lipinski definition) is 1. The van der Waals surface area contributed by atoms with Gasteiger partial charge in [-0.3, -0.25) is 13.9 Å². The first-order chi connectivity index (χ1) is 22.0. The number of aryl methyl sites for hydroxylation is 1. The molecule has 4 aromatic rings. The van der Waals surface area contributed by atoms with Gasteiger partial charge < -0.3 is 15.0 Å². The van der Waals surface area contributed by atoms with Crippen LogP contribution in [0.3, 0.4) is 0 Å². The van der Waals surface area contributed by atoms with E-state index in [0.29, 0.717) is 18.0 Å². The number of carbonyl (C=O) groups excluding carboxylic acids is 2. The molecule has 8 nitrogen and oxygen atoms in total. The highest BCUT2D eigenvalue weighted by Gasteiger charge is 2.34. The molecule has 0 radical (unpaired) electrons. The van der Waals surface area contributed by atoms with Gasteiger partial charge in [0.15, 0.2) is 0 Å². The van der Waals surface area contributed by atoms with E-state index in [9.17, 15) is 18.0 Å². The number of nitrogens with zero attached hydrogens (tertiary/aromatic N) is 2. The second-order valence-corrected chi connectivity index (χ2v) is 14.3. The maximum atomic E-state index is 14.6. The van der Waals surface area contributed by atoms with E-state index in [4.69, 9.17) is 4.74 Å². The summed E-state index contributed by atoms with van der Waals surface area (Å²) in [4.78, 5) is 30.0. The van der Waals surface area contributed by atoms with Crippen molar-refractivity contribution < 1.29 is 22.7 Å². The molecule has 0 aliphatic carbocycles. The van der Waals surface area contributed by atoms with Crippen LogP contribution in [0.1, 0.15) is 30.5 Å². The second-order valence-electron chi connectivity index (χ2n) is 11.5. The molecule has 0 saturated heterocycles. The maximum Gasteiger partial charge on any atom is 0.264 e. The van der Waals surface area contributed by atoms with Crippen molar-refractivity contribution in [1.29, 1.82) is 0 Å². The number of benzene rings is 4. The molecule has 4 rings (SSSR count). The first kappa shape index (κ1) is 34.7. The highest BCUT2D eigenvalue weighted by atomic mass is 79.9. The minimum Gasteiger partial charge on any atom is -0.497 e. The Morgan fingerprint density at radius 3 is 2.15 bits per heavy atom. The summed E-state index contributed by atoms with van der Waals surface area (Å²) >= 11 is 3.41. The van der Waals surface area contributed by atoms with Gasteiger partial charge in [0.1, 0.15) is 18.3 Å². The van der Waals surface area contributed by atoms with E-state index in [0.717, 1.165) is 25.5 Å². The van der Waals surface area contributed by atoms with Crippen molar-refractivity contribution in [3.63, 3.8) is 0 Å². The molecule has 0 fully saturated rings. The first-order valence-electron chi connectivity index (χ1n) is 15.1. The maximum absolute atomic E-state index is 14.6. The van der Waals surface area contributed by atoms with Gasteiger partial charge in [-0.2, -0.15) is 0 Å². The number of halogens is 1. The summed E-state index contributed by atoms with van der Waals surface area (Å²) in [5, 5.41) is 3.00. The SMILES string of the molecule is COc1cccc(CN(C(=O)CN(c2ccc(Br)cc2)S(=O)(=O)c2ccc(C)cc2)[C@@H](Cc2ccccc2)C(=O)NCC(C)C)c1. The number of methoxy groups -OCH3 is 1. The van der Waals surface area contributed by atoms with Crippen molar-refractivity contribution in [2.45, 2.75) is 44.7 Å². The monoisotopic (exact) mass is 705 g/mol. The zero-order valence-electron chi connectivity index (χ0n) is 26.5. The molecule has 10 heteroatoms. The minimum absolute atomic E-state index is 0.0569. The van der Waals surface area contributed by atoms with Gasteiger partial charge in [-0.05, 0) is 72.5 Å². The number of sulfonamides is 1. The molecule has 0 aliphatic rings. The van der Waals surface area contributed by atoms with Crippen LogP contribution in [-0.2, 0) is 32.6 Å². The van der Waals surface area contributed by atoms with Crippen LogP contribution in [0.15, 0.2) is 112 Å². The summed E-state index contributed by atoms with van der Waals surface area (Å²) in [6.45, 7) is 5.83. The molecule has 0 heterocycles. The Hall–Kier alpha value is -4.15. The fourth-order valence-corrected chi connectivity index (χ4v) is 6.60. The summed E-state index contributed by atoms with van der Waals surface area (Å²) in [7, 11) is -2.61. The molecule has 1 atom stereocenters. The van der Waals surface area contributed by atoms with Gasteiger partial charge in [0, 0.05) is 24.0 Å². The van der Waals surface area contributed by atoms with Crippen molar-refractivity contribution in [3.8, 4) is 5.75 Å². The standard InChI is InChI=1S/C36H40BrN3O5S/c1-26(2)23-38-36(42)34(22-28-9-6-5-7-10-28)39(24-29-11-8-12-32(21-29)45-4)35(41)25-40(31-17-15-30(37)16-18-31)46(43,44)33-19-13-27(3)14-20-33/h5-21,26,34H,22-25H2,1-4H3,(H,38,42)/t34-/m0/s1. The van der Waals surface area contributed by atoms with Crippen LogP contribution < -0.4 is 14.4 Å².